The van der Waals surface area contributed by atoms with Gasteiger partial charge in [0.15, 0.2) is 5.82 Å². The number of nitrogens with zero attached hydrogens (tertiary/aromatic N) is 4. The van der Waals surface area contributed by atoms with Crippen molar-refractivity contribution in [1.82, 2.24) is 14.7 Å². The lowest BCUT2D eigenvalue weighted by Crippen LogP contribution is -2.66. The lowest BCUT2D eigenvalue weighted by atomic mass is 9.76. The van der Waals surface area contributed by atoms with Crippen LogP contribution in [-0.2, 0) is 5.54 Å². The van der Waals surface area contributed by atoms with Crippen molar-refractivity contribution in [2.24, 2.45) is 11.7 Å². The monoisotopic (exact) mass is 476 g/mol. The molecule has 5 rings (SSSR count). The van der Waals surface area contributed by atoms with Crippen LogP contribution < -0.4 is 15.8 Å². The number of anilines is 1. The maximum absolute atomic E-state index is 12.1. The van der Waals surface area contributed by atoms with Crippen LogP contribution in [0.25, 0.3) is 0 Å². The van der Waals surface area contributed by atoms with Gasteiger partial charge in [-0.25, -0.2) is 0 Å². The van der Waals surface area contributed by atoms with E-state index in [0.29, 0.717) is 29.8 Å². The van der Waals surface area contributed by atoms with Gasteiger partial charge >= 0.3 is 0 Å². The molecule has 0 bridgehead atoms. The highest BCUT2D eigenvalue weighted by molar-refractivity contribution is 5.97. The van der Waals surface area contributed by atoms with Gasteiger partial charge in [-0.2, -0.15) is 10.4 Å². The van der Waals surface area contributed by atoms with Crippen molar-refractivity contribution in [3.8, 4) is 11.8 Å². The van der Waals surface area contributed by atoms with Crippen LogP contribution in [0, 0.1) is 24.2 Å². The molecule has 35 heavy (non-hydrogen) atoms. The molecule has 2 aromatic rings. The minimum atomic E-state index is -0.483. The first kappa shape index (κ1) is 23.7. The highest BCUT2D eigenvalue weighted by Gasteiger charge is 2.47. The number of primary amides is 1. The van der Waals surface area contributed by atoms with Gasteiger partial charge in [0.1, 0.15) is 16.9 Å². The van der Waals surface area contributed by atoms with Crippen molar-refractivity contribution in [1.29, 1.82) is 5.26 Å². The van der Waals surface area contributed by atoms with E-state index in [1.807, 2.05) is 16.8 Å². The largest absolute Gasteiger partial charge is 0.485 e. The van der Waals surface area contributed by atoms with Gasteiger partial charge in [-0.05, 0) is 70.4 Å². The van der Waals surface area contributed by atoms with Crippen molar-refractivity contribution >= 4 is 11.7 Å². The third-order valence-corrected chi connectivity index (χ3v) is 7.99. The number of nitriles is 1. The molecule has 1 saturated heterocycles. The number of ether oxygens (including phenoxy) is 1. The van der Waals surface area contributed by atoms with E-state index < -0.39 is 11.4 Å². The van der Waals surface area contributed by atoms with Crippen LogP contribution in [0.4, 0.5) is 5.82 Å². The first-order chi connectivity index (χ1) is 16.8. The first-order valence-electron chi connectivity index (χ1n) is 12.8. The molecule has 0 radical (unpaired) electrons. The van der Waals surface area contributed by atoms with Gasteiger partial charge in [-0.1, -0.05) is 17.7 Å². The van der Waals surface area contributed by atoms with Gasteiger partial charge in [0.2, 0.25) is 0 Å². The number of nitrogens with two attached hydrogens (primary N) is 1. The average Bonchev–Trinajstić information content (AvgIpc) is 3.54. The van der Waals surface area contributed by atoms with Gasteiger partial charge in [-0.3, -0.25) is 14.4 Å². The second-order valence-corrected chi connectivity index (χ2v) is 11.1. The number of hydrogen-bond donors (Lipinski definition) is 2. The second kappa shape index (κ2) is 9.19. The predicted molar refractivity (Wildman–Crippen MR) is 134 cm³/mol. The molecule has 1 aromatic heterocycles. The molecule has 1 amide bonds. The molecule has 1 aliphatic heterocycles. The number of carbonyl (C=O) groups excluding carboxylic acids is 1. The smallest absolute Gasteiger partial charge is 0.254 e. The van der Waals surface area contributed by atoms with Gasteiger partial charge in [0.25, 0.3) is 5.91 Å². The Hall–Kier alpha value is -3.05. The van der Waals surface area contributed by atoms with Gasteiger partial charge in [-0.15, -0.1) is 0 Å². The van der Waals surface area contributed by atoms with Crippen LogP contribution >= 0.6 is 0 Å². The maximum atomic E-state index is 12.1. The van der Waals surface area contributed by atoms with Crippen molar-refractivity contribution < 1.29 is 9.53 Å². The van der Waals surface area contributed by atoms with Crippen molar-refractivity contribution in [3.05, 3.63) is 41.6 Å². The predicted octanol–water partition coefficient (Wildman–Crippen LogP) is 3.82. The topological polar surface area (TPSA) is 109 Å². The lowest BCUT2D eigenvalue weighted by molar-refractivity contribution is -0.0950. The highest BCUT2D eigenvalue weighted by Crippen LogP contribution is 2.42. The molecular formula is C27H36N6O2. The Bertz CT molecular complexity index is 1100. The van der Waals surface area contributed by atoms with Crippen LogP contribution in [0.3, 0.4) is 0 Å². The molecule has 3 N–H and O–H groups in total. The quantitative estimate of drug-likeness (QED) is 0.569. The van der Waals surface area contributed by atoms with E-state index in [1.165, 1.54) is 18.4 Å². The van der Waals surface area contributed by atoms with E-state index in [0.717, 1.165) is 51.1 Å². The van der Waals surface area contributed by atoms with E-state index in [4.69, 9.17) is 15.6 Å². The third-order valence-electron chi connectivity index (χ3n) is 7.99. The normalized spacial score (nSPS) is 25.9. The molecular weight excluding hydrogens is 440 g/mol. The summed E-state index contributed by atoms with van der Waals surface area (Å²) in [5.41, 5.74) is 6.73. The van der Waals surface area contributed by atoms with Crippen LogP contribution in [0.2, 0.25) is 0 Å². The van der Waals surface area contributed by atoms with Gasteiger partial charge in [0, 0.05) is 31.9 Å². The molecule has 0 unspecified atom stereocenters. The summed E-state index contributed by atoms with van der Waals surface area (Å²) in [4.78, 5) is 14.6. The zero-order chi connectivity index (χ0) is 24.6. The lowest BCUT2D eigenvalue weighted by Gasteiger charge is -2.53. The zero-order valence-electron chi connectivity index (χ0n) is 20.8. The minimum Gasteiger partial charge on any atom is -0.485 e. The Balaban J connectivity index is 1.22. The molecule has 0 atom stereocenters. The maximum Gasteiger partial charge on any atom is 0.254 e. The van der Waals surface area contributed by atoms with Crippen LogP contribution in [0.5, 0.6) is 5.75 Å². The minimum absolute atomic E-state index is 0.170. The van der Waals surface area contributed by atoms with Crippen molar-refractivity contribution in [2.45, 2.75) is 76.0 Å². The van der Waals surface area contributed by atoms with Crippen molar-refractivity contribution in [3.63, 3.8) is 0 Å². The standard InChI is InChI=1S/C27H36N6O2/c1-19-3-7-22(8-4-19)35-26(2)17-32(18-26)21-9-11-27(12-10-21,13-14-28)33-16-23(24(29)34)25(31-33)30-15-20-5-6-20/h3-4,7-8,16,20-21H,5-6,9-13,15,17-18H2,1-2H3,(H2,29,34)(H,30,31). The summed E-state index contributed by atoms with van der Waals surface area (Å²) in [7, 11) is 0. The molecule has 186 valence electrons. The third kappa shape index (κ3) is 5.01. The molecule has 8 nitrogen and oxygen atoms in total. The van der Waals surface area contributed by atoms with E-state index in [9.17, 15) is 10.1 Å². The van der Waals surface area contributed by atoms with Crippen LogP contribution in [0.15, 0.2) is 30.5 Å². The molecule has 2 aliphatic carbocycles. The number of carbonyl (C=O) groups is 1. The van der Waals surface area contributed by atoms with Gasteiger partial charge in [0.05, 0.1) is 18.0 Å². The Morgan fingerprint density at radius 1 is 1.23 bits per heavy atom. The molecule has 0 spiro atoms. The number of likely N-dealkylation sites (tertiary alicyclic amines) is 1. The molecule has 2 heterocycles. The SMILES string of the molecule is Cc1ccc(OC2(C)CN(C3CCC(CC#N)(n4cc(C(N)=O)c(NCC5CC5)n4)CC3)C2)cc1. The number of nitrogens with one attached hydrogen (secondary N) is 1. The molecule has 1 aromatic carbocycles. The van der Waals surface area contributed by atoms with Gasteiger partial charge < -0.3 is 15.8 Å². The number of rotatable bonds is 9. The number of aromatic nitrogens is 2. The first-order valence-corrected chi connectivity index (χ1v) is 12.8. The number of amides is 1. The van der Waals surface area contributed by atoms with E-state index in [-0.39, 0.29) is 5.60 Å². The Labute approximate surface area is 207 Å². The number of hydrogen-bond acceptors (Lipinski definition) is 6. The molecule has 8 heteroatoms. The van der Waals surface area contributed by atoms with E-state index in [2.05, 4.69) is 42.3 Å². The Morgan fingerprint density at radius 3 is 2.51 bits per heavy atom. The number of aryl methyl sites for hydroxylation is 1. The fourth-order valence-electron chi connectivity index (χ4n) is 5.66. The van der Waals surface area contributed by atoms with Crippen molar-refractivity contribution in [2.75, 3.05) is 25.0 Å². The summed E-state index contributed by atoms with van der Waals surface area (Å²) in [6.45, 7) is 6.87. The van der Waals surface area contributed by atoms with E-state index >= 15 is 0 Å². The molecule has 3 aliphatic rings. The number of benzene rings is 1. The summed E-state index contributed by atoms with van der Waals surface area (Å²) in [5.74, 6) is 1.64. The Kier molecular flexibility index (Phi) is 6.22. The molecule has 3 fully saturated rings. The van der Waals surface area contributed by atoms with Crippen LogP contribution in [0.1, 0.15) is 67.8 Å². The summed E-state index contributed by atoms with van der Waals surface area (Å²) >= 11 is 0. The Morgan fingerprint density at radius 2 is 1.91 bits per heavy atom. The second-order valence-electron chi connectivity index (χ2n) is 11.1. The van der Waals surface area contributed by atoms with E-state index in [1.54, 1.807) is 6.20 Å². The fraction of sp³-hybridized carbons (Fsp3) is 0.593. The summed E-state index contributed by atoms with van der Waals surface area (Å²) < 4.78 is 8.16. The highest BCUT2D eigenvalue weighted by atomic mass is 16.5. The summed E-state index contributed by atoms with van der Waals surface area (Å²) in [6, 6.07) is 11.1. The average molecular weight is 477 g/mol. The summed E-state index contributed by atoms with van der Waals surface area (Å²) in [6.07, 6.45) is 8.22. The molecule has 2 saturated carbocycles. The summed E-state index contributed by atoms with van der Waals surface area (Å²) in [5, 5.41) is 17.7. The zero-order valence-corrected chi connectivity index (χ0v) is 20.8. The van der Waals surface area contributed by atoms with Crippen LogP contribution in [-0.4, -0.2) is 51.9 Å². The fourth-order valence-corrected chi connectivity index (χ4v) is 5.66.